The van der Waals surface area contributed by atoms with Crippen molar-refractivity contribution in [3.8, 4) is 0 Å². The van der Waals surface area contributed by atoms with Crippen molar-refractivity contribution < 1.29 is 15.3 Å². The fraction of sp³-hybridized carbons (Fsp3) is 0.684. The summed E-state index contributed by atoms with van der Waals surface area (Å²) in [5, 5.41) is 31.1. The van der Waals surface area contributed by atoms with Crippen molar-refractivity contribution in [2.75, 3.05) is 0 Å². The summed E-state index contributed by atoms with van der Waals surface area (Å²) in [6.45, 7) is 4.39. The second-order valence-electron chi connectivity index (χ2n) is 8.11. The minimum atomic E-state index is -0.533. The third-order valence-corrected chi connectivity index (χ3v) is 7.02. The summed E-state index contributed by atoms with van der Waals surface area (Å²) in [6.07, 6.45) is 10.3. The van der Waals surface area contributed by atoms with E-state index in [9.17, 15) is 15.3 Å². The Morgan fingerprint density at radius 2 is 1.91 bits per heavy atom. The highest BCUT2D eigenvalue weighted by molar-refractivity contribution is 5.46. The van der Waals surface area contributed by atoms with Crippen molar-refractivity contribution in [2.45, 2.75) is 57.8 Å². The van der Waals surface area contributed by atoms with E-state index in [1.165, 1.54) is 5.57 Å². The van der Waals surface area contributed by atoms with Crippen LogP contribution < -0.4 is 0 Å². The van der Waals surface area contributed by atoms with Gasteiger partial charge in [0, 0.05) is 16.7 Å². The molecule has 4 aliphatic carbocycles. The molecule has 22 heavy (non-hydrogen) atoms. The molecule has 0 aromatic carbocycles. The van der Waals surface area contributed by atoms with E-state index in [0.29, 0.717) is 12.3 Å². The van der Waals surface area contributed by atoms with Gasteiger partial charge in [0.2, 0.25) is 0 Å². The van der Waals surface area contributed by atoms with Gasteiger partial charge in [-0.25, -0.2) is 0 Å². The average Bonchev–Trinajstić information content (AvgIpc) is 2.77. The summed E-state index contributed by atoms with van der Waals surface area (Å²) < 4.78 is 0. The summed E-state index contributed by atoms with van der Waals surface area (Å²) in [7, 11) is 0. The topological polar surface area (TPSA) is 60.7 Å². The lowest BCUT2D eigenvalue weighted by atomic mass is 9.52. The van der Waals surface area contributed by atoms with Crippen LogP contribution in [0.15, 0.2) is 35.5 Å². The lowest BCUT2D eigenvalue weighted by Gasteiger charge is -2.53. The molecule has 3 nitrogen and oxygen atoms in total. The molecule has 0 heterocycles. The monoisotopic (exact) mass is 302 g/mol. The first-order valence-corrected chi connectivity index (χ1v) is 8.51. The van der Waals surface area contributed by atoms with Gasteiger partial charge in [-0.1, -0.05) is 42.4 Å². The second-order valence-corrected chi connectivity index (χ2v) is 8.11. The van der Waals surface area contributed by atoms with Crippen molar-refractivity contribution in [3.05, 3.63) is 35.5 Å². The molecule has 3 heteroatoms. The van der Waals surface area contributed by atoms with Crippen LogP contribution in [0.5, 0.6) is 0 Å². The van der Waals surface area contributed by atoms with Crippen LogP contribution in [0.25, 0.3) is 0 Å². The van der Waals surface area contributed by atoms with Gasteiger partial charge in [-0.3, -0.25) is 0 Å². The zero-order valence-corrected chi connectivity index (χ0v) is 13.4. The molecule has 0 radical (unpaired) electrons. The molecule has 2 saturated carbocycles. The lowest BCUT2D eigenvalue weighted by molar-refractivity contribution is -0.0221. The van der Waals surface area contributed by atoms with E-state index in [1.807, 2.05) is 12.2 Å². The minimum absolute atomic E-state index is 0.0926. The fourth-order valence-electron chi connectivity index (χ4n) is 5.58. The first-order valence-electron chi connectivity index (χ1n) is 8.51. The molecule has 0 aromatic rings. The molecule has 0 amide bonds. The average molecular weight is 302 g/mol. The molecule has 0 bridgehead atoms. The van der Waals surface area contributed by atoms with E-state index in [4.69, 9.17) is 0 Å². The summed E-state index contributed by atoms with van der Waals surface area (Å²) in [5.74, 6) is 0.495. The maximum atomic E-state index is 10.8. The lowest BCUT2D eigenvalue weighted by Crippen LogP contribution is -2.50. The Hall–Kier alpha value is -0.900. The number of hydrogen-bond acceptors (Lipinski definition) is 3. The van der Waals surface area contributed by atoms with E-state index >= 15 is 0 Å². The Morgan fingerprint density at radius 1 is 1.14 bits per heavy atom. The van der Waals surface area contributed by atoms with Gasteiger partial charge in [0.25, 0.3) is 0 Å². The van der Waals surface area contributed by atoms with Crippen LogP contribution in [0.1, 0.15) is 39.5 Å². The van der Waals surface area contributed by atoms with Gasteiger partial charge in [-0.15, -0.1) is 0 Å². The number of aliphatic hydroxyl groups excluding tert-OH is 3. The van der Waals surface area contributed by atoms with Gasteiger partial charge < -0.3 is 15.3 Å². The number of rotatable bonds is 0. The summed E-state index contributed by atoms with van der Waals surface area (Å²) in [5.41, 5.74) is 2.18. The molecule has 0 spiro atoms. The van der Waals surface area contributed by atoms with E-state index in [2.05, 4.69) is 26.0 Å². The van der Waals surface area contributed by atoms with Crippen molar-refractivity contribution >= 4 is 0 Å². The largest absolute Gasteiger partial charge is 0.393 e. The fourth-order valence-corrected chi connectivity index (χ4v) is 5.58. The quantitative estimate of drug-likeness (QED) is 0.602. The van der Waals surface area contributed by atoms with Crippen LogP contribution in [0.2, 0.25) is 0 Å². The van der Waals surface area contributed by atoms with Gasteiger partial charge in [-0.05, 0) is 38.5 Å². The van der Waals surface area contributed by atoms with Crippen LogP contribution in [-0.2, 0) is 0 Å². The third kappa shape index (κ3) is 1.73. The molecule has 0 aromatic heterocycles. The Morgan fingerprint density at radius 3 is 2.68 bits per heavy atom. The Bertz CT molecular complexity index is 589. The van der Waals surface area contributed by atoms with Crippen molar-refractivity contribution in [1.82, 2.24) is 0 Å². The molecule has 4 aliphatic rings. The van der Waals surface area contributed by atoms with Crippen LogP contribution >= 0.6 is 0 Å². The van der Waals surface area contributed by atoms with Crippen molar-refractivity contribution in [1.29, 1.82) is 0 Å². The second kappa shape index (κ2) is 4.56. The Kier molecular flexibility index (Phi) is 3.04. The molecule has 7 atom stereocenters. The van der Waals surface area contributed by atoms with E-state index in [0.717, 1.165) is 24.8 Å². The molecule has 4 rings (SSSR count). The van der Waals surface area contributed by atoms with Crippen molar-refractivity contribution in [2.24, 2.45) is 22.7 Å². The number of hydrogen-bond donors (Lipinski definition) is 3. The number of allylic oxidation sites excluding steroid dienone is 2. The van der Waals surface area contributed by atoms with Gasteiger partial charge in [0.05, 0.1) is 18.3 Å². The van der Waals surface area contributed by atoms with E-state index in [1.54, 1.807) is 0 Å². The molecule has 0 aliphatic heterocycles. The predicted molar refractivity (Wildman–Crippen MR) is 85.0 cm³/mol. The first kappa shape index (κ1) is 14.7. The maximum Gasteiger partial charge on any atom is 0.0906 e. The van der Waals surface area contributed by atoms with Crippen LogP contribution in [-0.4, -0.2) is 33.6 Å². The van der Waals surface area contributed by atoms with Gasteiger partial charge in [0.15, 0.2) is 0 Å². The molecular formula is C19H26O3. The minimum Gasteiger partial charge on any atom is -0.393 e. The normalized spacial score (nSPS) is 53.2. The van der Waals surface area contributed by atoms with Gasteiger partial charge >= 0.3 is 0 Å². The highest BCUT2D eigenvalue weighted by Crippen LogP contribution is 2.62. The van der Waals surface area contributed by atoms with Crippen LogP contribution in [0.3, 0.4) is 0 Å². The van der Waals surface area contributed by atoms with Gasteiger partial charge in [-0.2, -0.15) is 0 Å². The molecule has 2 fully saturated rings. The number of fused-ring (bicyclic) bond motifs is 5. The summed E-state index contributed by atoms with van der Waals surface area (Å²) in [6, 6.07) is 0. The molecule has 3 unspecified atom stereocenters. The van der Waals surface area contributed by atoms with Crippen molar-refractivity contribution in [3.63, 3.8) is 0 Å². The van der Waals surface area contributed by atoms with Crippen LogP contribution in [0, 0.1) is 22.7 Å². The molecule has 0 saturated heterocycles. The highest BCUT2D eigenvalue weighted by Gasteiger charge is 2.57. The Balaban J connectivity index is 1.81. The maximum absolute atomic E-state index is 10.8. The SMILES string of the molecule is C[C@]12C=CC(O)C=C1CC(O)[C@@H]1C2=CC[C@]2(C)C(O)CC[C@@H]12. The molecule has 3 N–H and O–H groups in total. The highest BCUT2D eigenvalue weighted by atomic mass is 16.3. The zero-order valence-electron chi connectivity index (χ0n) is 13.4. The Labute approximate surface area is 132 Å². The third-order valence-electron chi connectivity index (χ3n) is 7.02. The molecular weight excluding hydrogens is 276 g/mol. The van der Waals surface area contributed by atoms with E-state index < -0.39 is 12.2 Å². The summed E-state index contributed by atoms with van der Waals surface area (Å²) >= 11 is 0. The van der Waals surface area contributed by atoms with E-state index in [-0.39, 0.29) is 22.9 Å². The standard InChI is InChI=1S/C19H26O3/c1-18-7-5-12(20)9-11(18)10-15(21)17-13-3-4-16(22)19(13,2)8-6-14(17)18/h5-7,9,12-13,15-17,20-22H,3-4,8,10H2,1-2H3/t12?,13-,15?,16?,17-,18-,19-/m0/s1. The number of aliphatic hydroxyl groups is 3. The zero-order chi connectivity index (χ0) is 15.7. The summed E-state index contributed by atoms with van der Waals surface area (Å²) in [4.78, 5) is 0. The first-order chi connectivity index (χ1) is 10.4. The smallest absolute Gasteiger partial charge is 0.0906 e. The van der Waals surface area contributed by atoms with Gasteiger partial charge in [0.1, 0.15) is 0 Å². The predicted octanol–water partition coefficient (Wildman–Crippen LogP) is 2.34. The van der Waals surface area contributed by atoms with Crippen LogP contribution in [0.4, 0.5) is 0 Å². The molecule has 120 valence electrons.